The van der Waals surface area contributed by atoms with E-state index in [4.69, 9.17) is 0 Å². The van der Waals surface area contributed by atoms with E-state index in [1.807, 2.05) is 24.4 Å². The van der Waals surface area contributed by atoms with E-state index in [0.29, 0.717) is 0 Å². The summed E-state index contributed by atoms with van der Waals surface area (Å²) in [5.41, 5.74) is 0. The molecule has 80 valence electrons. The molecule has 0 spiro atoms. The molecule has 0 fully saturated rings. The Labute approximate surface area is 113 Å². The molecule has 0 saturated carbocycles. The second-order valence-corrected chi connectivity index (χ2v) is 7.05. The number of hydrogen-bond acceptors (Lipinski definition) is 3. The number of aliphatic hydroxyl groups is 1. The molecule has 2 aromatic rings. The third-order valence-electron chi connectivity index (χ3n) is 1.98. The quantitative estimate of drug-likeness (QED) is 0.813. The molecule has 0 aliphatic rings. The zero-order valence-corrected chi connectivity index (χ0v) is 12.6. The number of rotatable bonds is 2. The Morgan fingerprint density at radius 2 is 2.00 bits per heavy atom. The van der Waals surface area contributed by atoms with E-state index in [9.17, 15) is 5.11 Å². The number of hydrogen-bond donors (Lipinski definition) is 1. The van der Waals surface area contributed by atoms with Crippen molar-refractivity contribution in [1.29, 1.82) is 0 Å². The molecule has 1 atom stereocenters. The van der Waals surface area contributed by atoms with Crippen LogP contribution in [0.1, 0.15) is 20.7 Å². The van der Waals surface area contributed by atoms with Gasteiger partial charge in [0.25, 0.3) is 0 Å². The Morgan fingerprint density at radius 1 is 1.27 bits per heavy atom. The molecule has 2 heterocycles. The van der Waals surface area contributed by atoms with Crippen LogP contribution in [0.25, 0.3) is 0 Å². The average molecular weight is 368 g/mol. The number of aliphatic hydroxyl groups excluding tert-OH is 1. The van der Waals surface area contributed by atoms with E-state index in [1.54, 1.807) is 22.7 Å². The lowest BCUT2D eigenvalue weighted by atomic mass is 10.2. The minimum absolute atomic E-state index is 0.535. The molecule has 0 saturated heterocycles. The molecule has 1 N–H and O–H groups in total. The monoisotopic (exact) mass is 366 g/mol. The summed E-state index contributed by atoms with van der Waals surface area (Å²) in [7, 11) is 0. The van der Waals surface area contributed by atoms with E-state index < -0.39 is 6.10 Å². The summed E-state index contributed by atoms with van der Waals surface area (Å²) in [4.78, 5) is 3.12. The van der Waals surface area contributed by atoms with Crippen molar-refractivity contribution < 1.29 is 5.11 Å². The fourth-order valence-electron chi connectivity index (χ4n) is 1.31. The highest BCUT2D eigenvalue weighted by atomic mass is 79.9. The predicted molar refractivity (Wildman–Crippen MR) is 72.8 cm³/mol. The fraction of sp³-hybridized carbons (Fsp3) is 0.200. The van der Waals surface area contributed by atoms with Crippen molar-refractivity contribution >= 4 is 54.5 Å². The average Bonchev–Trinajstić information content (AvgIpc) is 2.71. The van der Waals surface area contributed by atoms with Crippen LogP contribution in [-0.4, -0.2) is 5.11 Å². The zero-order valence-electron chi connectivity index (χ0n) is 7.83. The van der Waals surface area contributed by atoms with Crippen LogP contribution in [-0.2, 0) is 0 Å². The van der Waals surface area contributed by atoms with Gasteiger partial charge in [0, 0.05) is 13.8 Å². The second-order valence-electron chi connectivity index (χ2n) is 3.10. The van der Waals surface area contributed by atoms with Crippen molar-refractivity contribution in [2.75, 3.05) is 0 Å². The smallest absolute Gasteiger partial charge is 0.125 e. The maximum Gasteiger partial charge on any atom is 0.125 e. The van der Waals surface area contributed by atoms with Crippen molar-refractivity contribution in [3.8, 4) is 0 Å². The van der Waals surface area contributed by atoms with Crippen LogP contribution in [0.3, 0.4) is 0 Å². The molecular formula is C10H8Br2OS2. The van der Waals surface area contributed by atoms with Gasteiger partial charge in [-0.15, -0.1) is 22.7 Å². The SMILES string of the molecule is Cc1cc(Br)c(C(O)c2sccc2Br)s1. The highest BCUT2D eigenvalue weighted by Crippen LogP contribution is 2.39. The molecule has 0 aliphatic carbocycles. The lowest BCUT2D eigenvalue weighted by Crippen LogP contribution is -1.95. The summed E-state index contributed by atoms with van der Waals surface area (Å²) < 4.78 is 1.95. The number of halogens is 2. The first-order chi connectivity index (χ1) is 7.09. The van der Waals surface area contributed by atoms with Crippen LogP contribution >= 0.6 is 54.5 Å². The van der Waals surface area contributed by atoms with Gasteiger partial charge in [0.2, 0.25) is 0 Å². The third-order valence-corrected chi connectivity index (χ3v) is 5.92. The third kappa shape index (κ3) is 2.36. The summed E-state index contributed by atoms with van der Waals surface area (Å²) in [6.07, 6.45) is -0.535. The standard InChI is InChI=1S/C10H8Br2OS2/c1-5-4-7(12)10(15-5)8(13)9-6(11)2-3-14-9/h2-4,8,13H,1H3. The summed E-state index contributed by atoms with van der Waals surface area (Å²) in [6.45, 7) is 2.04. The van der Waals surface area contributed by atoms with Gasteiger partial charge in [-0.05, 0) is 56.3 Å². The maximum atomic E-state index is 10.2. The molecule has 0 bridgehead atoms. The van der Waals surface area contributed by atoms with Crippen LogP contribution in [0, 0.1) is 6.92 Å². The Bertz CT molecular complexity index is 475. The lowest BCUT2D eigenvalue weighted by molar-refractivity contribution is 0.226. The van der Waals surface area contributed by atoms with Crippen molar-refractivity contribution in [2.45, 2.75) is 13.0 Å². The van der Waals surface area contributed by atoms with Crippen molar-refractivity contribution in [3.05, 3.63) is 41.1 Å². The Morgan fingerprint density at radius 3 is 2.47 bits per heavy atom. The summed E-state index contributed by atoms with van der Waals surface area (Å²) >= 11 is 10.1. The zero-order chi connectivity index (χ0) is 11.0. The first kappa shape index (κ1) is 11.8. The van der Waals surface area contributed by atoms with E-state index in [1.165, 1.54) is 4.88 Å². The van der Waals surface area contributed by atoms with Gasteiger partial charge in [-0.1, -0.05) is 0 Å². The van der Waals surface area contributed by atoms with Crippen molar-refractivity contribution in [1.82, 2.24) is 0 Å². The molecule has 15 heavy (non-hydrogen) atoms. The minimum atomic E-state index is -0.535. The van der Waals surface area contributed by atoms with Gasteiger partial charge >= 0.3 is 0 Å². The molecule has 0 aromatic carbocycles. The summed E-state index contributed by atoms with van der Waals surface area (Å²) in [5, 5.41) is 12.2. The van der Waals surface area contributed by atoms with Gasteiger partial charge in [-0.25, -0.2) is 0 Å². The second kappa shape index (κ2) is 4.67. The minimum Gasteiger partial charge on any atom is -0.382 e. The number of thiophene rings is 2. The van der Waals surface area contributed by atoms with Gasteiger partial charge in [0.05, 0.1) is 9.75 Å². The van der Waals surface area contributed by atoms with Crippen LogP contribution in [0.2, 0.25) is 0 Å². The highest BCUT2D eigenvalue weighted by molar-refractivity contribution is 9.11. The van der Waals surface area contributed by atoms with Gasteiger partial charge in [-0.3, -0.25) is 0 Å². The van der Waals surface area contributed by atoms with Gasteiger partial charge in [0.1, 0.15) is 6.10 Å². The molecule has 1 nitrogen and oxygen atoms in total. The van der Waals surface area contributed by atoms with Crippen LogP contribution in [0.15, 0.2) is 26.5 Å². The topological polar surface area (TPSA) is 20.2 Å². The Kier molecular flexibility index (Phi) is 3.67. The molecule has 2 aromatic heterocycles. The van der Waals surface area contributed by atoms with E-state index in [-0.39, 0.29) is 0 Å². The van der Waals surface area contributed by atoms with Crippen molar-refractivity contribution in [2.24, 2.45) is 0 Å². The Balaban J connectivity index is 2.40. The molecule has 5 heteroatoms. The molecule has 1 unspecified atom stereocenters. The normalized spacial score (nSPS) is 13.1. The first-order valence-electron chi connectivity index (χ1n) is 4.26. The van der Waals surface area contributed by atoms with Crippen LogP contribution in [0.4, 0.5) is 0 Å². The number of aryl methyl sites for hydroxylation is 1. The van der Waals surface area contributed by atoms with E-state index in [2.05, 4.69) is 31.9 Å². The van der Waals surface area contributed by atoms with Gasteiger partial charge < -0.3 is 5.11 Å². The van der Waals surface area contributed by atoms with E-state index in [0.717, 1.165) is 18.7 Å². The molecule has 2 rings (SSSR count). The Hall–Kier alpha value is 0.320. The summed E-state index contributed by atoms with van der Waals surface area (Å²) in [6, 6.07) is 3.99. The molecule has 0 radical (unpaired) electrons. The fourth-order valence-corrected chi connectivity index (χ4v) is 4.83. The highest BCUT2D eigenvalue weighted by Gasteiger charge is 2.19. The van der Waals surface area contributed by atoms with Gasteiger partial charge in [0.15, 0.2) is 0 Å². The van der Waals surface area contributed by atoms with Crippen LogP contribution in [0.5, 0.6) is 0 Å². The summed E-state index contributed by atoms with van der Waals surface area (Å²) in [5.74, 6) is 0. The molecule has 0 aliphatic heterocycles. The maximum absolute atomic E-state index is 10.2. The van der Waals surface area contributed by atoms with Crippen LogP contribution < -0.4 is 0 Å². The molecular weight excluding hydrogens is 360 g/mol. The van der Waals surface area contributed by atoms with Gasteiger partial charge in [-0.2, -0.15) is 0 Å². The first-order valence-corrected chi connectivity index (χ1v) is 7.54. The predicted octanol–water partition coefficient (Wildman–Crippen LogP) is 4.72. The largest absolute Gasteiger partial charge is 0.382 e. The lowest BCUT2D eigenvalue weighted by Gasteiger charge is -2.07. The molecule has 0 amide bonds. The van der Waals surface area contributed by atoms with E-state index >= 15 is 0 Å². The van der Waals surface area contributed by atoms with Crippen molar-refractivity contribution in [3.63, 3.8) is 0 Å².